The Labute approximate surface area is 180 Å². The zero-order valence-electron chi connectivity index (χ0n) is 16.9. The van der Waals surface area contributed by atoms with Gasteiger partial charge in [0, 0.05) is 16.5 Å². The van der Waals surface area contributed by atoms with Crippen molar-refractivity contribution in [1.29, 1.82) is 0 Å². The Morgan fingerprint density at radius 1 is 1.12 bits per heavy atom. The zero-order chi connectivity index (χ0) is 22.7. The summed E-state index contributed by atoms with van der Waals surface area (Å²) in [6, 6.07) is 13.6. The first-order valence-electron chi connectivity index (χ1n) is 9.79. The molecule has 2 heterocycles. The molecule has 0 spiro atoms. The number of hydrogen-bond acceptors (Lipinski definition) is 6. The molecule has 0 radical (unpaired) electrons. The third kappa shape index (κ3) is 4.43. The van der Waals surface area contributed by atoms with Crippen LogP contribution in [0.5, 0.6) is 5.75 Å². The SMILES string of the molecule is CCc1c(C(=O)NCCOc2ccc(-c3noc(C(F)(F)F)n3)cc2)oc2ccccc12. The first-order chi connectivity index (χ1) is 15.4. The van der Waals surface area contributed by atoms with E-state index in [1.807, 2.05) is 31.2 Å². The van der Waals surface area contributed by atoms with Crippen LogP contribution in [0.1, 0.15) is 28.9 Å². The van der Waals surface area contributed by atoms with Gasteiger partial charge in [0.1, 0.15) is 17.9 Å². The number of para-hydroxylation sites is 1. The molecule has 4 aromatic rings. The van der Waals surface area contributed by atoms with E-state index in [0.29, 0.717) is 23.3 Å². The number of ether oxygens (including phenoxy) is 1. The number of nitrogens with one attached hydrogen (secondary N) is 1. The molecule has 166 valence electrons. The van der Waals surface area contributed by atoms with Crippen LogP contribution in [0.25, 0.3) is 22.4 Å². The molecule has 0 aliphatic heterocycles. The van der Waals surface area contributed by atoms with Crippen LogP contribution < -0.4 is 10.1 Å². The van der Waals surface area contributed by atoms with Crippen LogP contribution in [0.3, 0.4) is 0 Å². The molecule has 0 saturated heterocycles. The molecular formula is C22H18F3N3O4. The molecule has 32 heavy (non-hydrogen) atoms. The van der Waals surface area contributed by atoms with E-state index in [9.17, 15) is 18.0 Å². The van der Waals surface area contributed by atoms with E-state index >= 15 is 0 Å². The number of halogens is 3. The Kier molecular flexibility index (Phi) is 5.85. The smallest absolute Gasteiger partial charge is 0.471 e. The van der Waals surface area contributed by atoms with Gasteiger partial charge in [0.05, 0.1) is 6.54 Å². The van der Waals surface area contributed by atoms with Crippen molar-refractivity contribution in [1.82, 2.24) is 15.5 Å². The average Bonchev–Trinajstić information content (AvgIpc) is 3.42. The number of aromatic nitrogens is 2. The minimum atomic E-state index is -4.70. The monoisotopic (exact) mass is 445 g/mol. The van der Waals surface area contributed by atoms with Crippen molar-refractivity contribution in [3.8, 4) is 17.1 Å². The van der Waals surface area contributed by atoms with Crippen molar-refractivity contribution in [3.63, 3.8) is 0 Å². The van der Waals surface area contributed by atoms with E-state index in [0.717, 1.165) is 10.9 Å². The molecule has 1 N–H and O–H groups in total. The lowest BCUT2D eigenvalue weighted by Gasteiger charge is -2.08. The van der Waals surface area contributed by atoms with Crippen LogP contribution in [0.2, 0.25) is 0 Å². The standard InChI is InChI=1S/C22H18F3N3O4/c1-2-15-16-5-3-4-6-17(16)31-18(15)20(29)26-11-12-30-14-9-7-13(8-10-14)19-27-21(32-28-19)22(23,24)25/h3-10H,2,11-12H2,1H3,(H,26,29). The first-order valence-corrected chi connectivity index (χ1v) is 9.79. The number of hydrogen-bond donors (Lipinski definition) is 1. The van der Waals surface area contributed by atoms with Gasteiger partial charge >= 0.3 is 12.1 Å². The molecule has 0 unspecified atom stereocenters. The highest BCUT2D eigenvalue weighted by atomic mass is 19.4. The summed E-state index contributed by atoms with van der Waals surface area (Å²) < 4.78 is 53.2. The van der Waals surface area contributed by atoms with Crippen molar-refractivity contribution in [2.24, 2.45) is 0 Å². The van der Waals surface area contributed by atoms with Gasteiger partial charge in [-0.25, -0.2) is 0 Å². The summed E-state index contributed by atoms with van der Waals surface area (Å²) in [7, 11) is 0. The van der Waals surface area contributed by atoms with E-state index in [-0.39, 0.29) is 30.6 Å². The number of carbonyl (C=O) groups excluding carboxylic acids is 1. The molecule has 2 aromatic heterocycles. The van der Waals surface area contributed by atoms with Gasteiger partial charge in [-0.05, 0) is 36.8 Å². The van der Waals surface area contributed by atoms with Gasteiger partial charge in [-0.3, -0.25) is 4.79 Å². The van der Waals surface area contributed by atoms with Crippen LogP contribution in [0.4, 0.5) is 13.2 Å². The minimum absolute atomic E-state index is 0.172. The van der Waals surface area contributed by atoms with E-state index in [1.54, 1.807) is 12.1 Å². The molecule has 0 aliphatic carbocycles. The second-order valence-electron chi connectivity index (χ2n) is 6.81. The molecule has 7 nitrogen and oxygen atoms in total. The number of benzene rings is 2. The number of amides is 1. The summed E-state index contributed by atoms with van der Waals surface area (Å²) >= 11 is 0. The average molecular weight is 445 g/mol. The van der Waals surface area contributed by atoms with Crippen LogP contribution >= 0.6 is 0 Å². The molecule has 0 bridgehead atoms. The number of alkyl halides is 3. The predicted molar refractivity (Wildman–Crippen MR) is 108 cm³/mol. The van der Waals surface area contributed by atoms with Crippen molar-refractivity contribution < 1.29 is 31.6 Å². The number of carbonyl (C=O) groups is 1. The largest absolute Gasteiger partial charge is 0.492 e. The molecule has 1 amide bonds. The van der Waals surface area contributed by atoms with Gasteiger partial charge in [-0.1, -0.05) is 30.3 Å². The van der Waals surface area contributed by atoms with Gasteiger partial charge in [-0.15, -0.1) is 0 Å². The second-order valence-corrected chi connectivity index (χ2v) is 6.81. The van der Waals surface area contributed by atoms with Gasteiger partial charge in [0.25, 0.3) is 5.91 Å². The maximum atomic E-state index is 12.6. The molecular weight excluding hydrogens is 427 g/mol. The highest BCUT2D eigenvalue weighted by molar-refractivity contribution is 5.99. The predicted octanol–water partition coefficient (Wildman–Crippen LogP) is 4.87. The summed E-state index contributed by atoms with van der Waals surface area (Å²) in [4.78, 5) is 15.9. The Morgan fingerprint density at radius 2 is 1.88 bits per heavy atom. The highest BCUT2D eigenvalue weighted by Crippen LogP contribution is 2.30. The zero-order valence-corrected chi connectivity index (χ0v) is 16.9. The summed E-state index contributed by atoms with van der Waals surface area (Å²) in [6.07, 6.45) is -4.04. The number of aryl methyl sites for hydroxylation is 1. The normalized spacial score (nSPS) is 11.6. The third-order valence-corrected chi connectivity index (χ3v) is 4.70. The molecule has 0 saturated carbocycles. The lowest BCUT2D eigenvalue weighted by molar-refractivity contribution is -0.159. The summed E-state index contributed by atoms with van der Waals surface area (Å²) in [5.41, 5.74) is 1.86. The number of rotatable bonds is 7. The number of fused-ring (bicyclic) bond motifs is 1. The van der Waals surface area contributed by atoms with Crippen LogP contribution in [0, 0.1) is 0 Å². The fourth-order valence-corrected chi connectivity index (χ4v) is 3.20. The molecule has 0 aliphatic rings. The van der Waals surface area contributed by atoms with Gasteiger partial charge in [0.15, 0.2) is 5.76 Å². The third-order valence-electron chi connectivity index (χ3n) is 4.70. The summed E-state index contributed by atoms with van der Waals surface area (Å²) in [6.45, 7) is 2.38. The topological polar surface area (TPSA) is 90.4 Å². The second kappa shape index (κ2) is 8.74. The van der Waals surface area contributed by atoms with E-state index < -0.39 is 12.1 Å². The van der Waals surface area contributed by atoms with Crippen LogP contribution in [0.15, 0.2) is 57.5 Å². The maximum Gasteiger partial charge on any atom is 0.471 e. The Hall–Kier alpha value is -3.82. The van der Waals surface area contributed by atoms with Crippen molar-refractivity contribution in [2.75, 3.05) is 13.2 Å². The lowest BCUT2D eigenvalue weighted by atomic mass is 10.1. The Morgan fingerprint density at radius 3 is 2.56 bits per heavy atom. The lowest BCUT2D eigenvalue weighted by Crippen LogP contribution is -2.28. The van der Waals surface area contributed by atoms with Crippen molar-refractivity contribution in [3.05, 3.63) is 65.7 Å². The molecule has 4 rings (SSSR count). The highest BCUT2D eigenvalue weighted by Gasteiger charge is 2.38. The molecule has 10 heteroatoms. The van der Waals surface area contributed by atoms with Crippen molar-refractivity contribution >= 4 is 16.9 Å². The Bertz CT molecular complexity index is 1230. The van der Waals surface area contributed by atoms with Gasteiger partial charge in [0.2, 0.25) is 5.82 Å². The summed E-state index contributed by atoms with van der Waals surface area (Å²) in [5, 5.41) is 7.01. The molecule has 2 aromatic carbocycles. The quantitative estimate of drug-likeness (QED) is 0.408. The van der Waals surface area contributed by atoms with E-state index in [1.165, 1.54) is 12.1 Å². The van der Waals surface area contributed by atoms with Crippen LogP contribution in [-0.4, -0.2) is 29.2 Å². The summed E-state index contributed by atoms with van der Waals surface area (Å²) in [5.74, 6) is -1.14. The van der Waals surface area contributed by atoms with Gasteiger partial charge < -0.3 is 19.0 Å². The van der Waals surface area contributed by atoms with E-state index in [2.05, 4.69) is 20.0 Å². The fraction of sp³-hybridized carbons (Fsp3) is 0.227. The molecule has 0 atom stereocenters. The maximum absolute atomic E-state index is 12.6. The Balaban J connectivity index is 1.31. The van der Waals surface area contributed by atoms with Crippen molar-refractivity contribution in [2.45, 2.75) is 19.5 Å². The van der Waals surface area contributed by atoms with Gasteiger partial charge in [-0.2, -0.15) is 18.2 Å². The van der Waals surface area contributed by atoms with Crippen LogP contribution in [-0.2, 0) is 12.6 Å². The minimum Gasteiger partial charge on any atom is -0.492 e. The number of furan rings is 1. The van der Waals surface area contributed by atoms with E-state index in [4.69, 9.17) is 9.15 Å². The number of nitrogens with zero attached hydrogens (tertiary/aromatic N) is 2. The fourth-order valence-electron chi connectivity index (χ4n) is 3.20. The first kappa shape index (κ1) is 21.4. The molecule has 0 fully saturated rings.